The first-order chi connectivity index (χ1) is 8.44. The Morgan fingerprint density at radius 1 is 1.33 bits per heavy atom. The maximum Gasteiger partial charge on any atom is 0.389 e. The molecule has 0 unspecified atom stereocenters. The number of alkyl halides is 3. The Morgan fingerprint density at radius 2 is 2.11 bits per heavy atom. The van der Waals surface area contributed by atoms with Crippen LogP contribution in [0.3, 0.4) is 0 Å². The fourth-order valence-corrected chi connectivity index (χ4v) is 1.78. The highest BCUT2D eigenvalue weighted by Gasteiger charge is 2.26. The SMILES string of the molecule is O=C1COc2ccc(CCCC(F)(F)F)cc2N1. The molecule has 1 aromatic rings. The number of aryl methyl sites for hydroxylation is 1. The molecule has 1 amide bonds. The van der Waals surface area contributed by atoms with Crippen molar-refractivity contribution in [2.75, 3.05) is 11.9 Å². The van der Waals surface area contributed by atoms with Gasteiger partial charge in [-0.3, -0.25) is 4.79 Å². The standard InChI is InChI=1S/C12H12F3NO2/c13-12(14,15)5-1-2-8-3-4-10-9(6-8)16-11(17)7-18-10/h3-4,6H,1-2,5,7H2,(H,16,17). The van der Waals surface area contributed by atoms with Crippen LogP contribution in [-0.2, 0) is 11.2 Å². The van der Waals surface area contributed by atoms with E-state index in [0.29, 0.717) is 17.9 Å². The second kappa shape index (κ2) is 4.88. The van der Waals surface area contributed by atoms with Crippen LogP contribution in [0.4, 0.5) is 18.9 Å². The Morgan fingerprint density at radius 3 is 2.83 bits per heavy atom. The van der Waals surface area contributed by atoms with E-state index in [0.717, 1.165) is 5.56 Å². The van der Waals surface area contributed by atoms with Gasteiger partial charge >= 0.3 is 6.18 Å². The molecule has 98 valence electrons. The molecule has 1 heterocycles. The monoisotopic (exact) mass is 259 g/mol. The van der Waals surface area contributed by atoms with Gasteiger partial charge in [0, 0.05) is 6.42 Å². The number of carbonyl (C=O) groups is 1. The zero-order chi connectivity index (χ0) is 13.2. The number of anilines is 1. The topological polar surface area (TPSA) is 38.3 Å². The fraction of sp³-hybridized carbons (Fsp3) is 0.417. The molecule has 3 nitrogen and oxygen atoms in total. The Labute approximate surface area is 102 Å². The average Bonchev–Trinajstić information content (AvgIpc) is 2.26. The summed E-state index contributed by atoms with van der Waals surface area (Å²) in [5.41, 5.74) is 1.28. The van der Waals surface area contributed by atoms with E-state index in [1.165, 1.54) is 0 Å². The van der Waals surface area contributed by atoms with E-state index in [9.17, 15) is 18.0 Å². The van der Waals surface area contributed by atoms with E-state index in [1.807, 2.05) is 0 Å². The summed E-state index contributed by atoms with van der Waals surface area (Å²) >= 11 is 0. The highest BCUT2D eigenvalue weighted by molar-refractivity contribution is 5.95. The third-order valence-corrected chi connectivity index (χ3v) is 2.60. The van der Waals surface area contributed by atoms with Crippen LogP contribution in [0.25, 0.3) is 0 Å². The van der Waals surface area contributed by atoms with Crippen LogP contribution in [0, 0.1) is 0 Å². The fourth-order valence-electron chi connectivity index (χ4n) is 1.78. The molecule has 2 rings (SSSR count). The second-order valence-corrected chi connectivity index (χ2v) is 4.14. The Kier molecular flexibility index (Phi) is 3.45. The van der Waals surface area contributed by atoms with Crippen LogP contribution in [0.1, 0.15) is 18.4 Å². The van der Waals surface area contributed by atoms with Crippen molar-refractivity contribution in [3.05, 3.63) is 23.8 Å². The zero-order valence-electron chi connectivity index (χ0n) is 9.51. The predicted molar refractivity (Wildman–Crippen MR) is 59.6 cm³/mol. The van der Waals surface area contributed by atoms with Gasteiger partial charge in [0.15, 0.2) is 6.61 Å². The van der Waals surface area contributed by atoms with Crippen molar-refractivity contribution in [2.24, 2.45) is 0 Å². The van der Waals surface area contributed by atoms with Crippen LogP contribution in [0.2, 0.25) is 0 Å². The molecule has 0 aromatic heterocycles. The Balaban J connectivity index is 1.98. The molecule has 0 radical (unpaired) electrons. The first-order valence-electron chi connectivity index (χ1n) is 5.56. The van der Waals surface area contributed by atoms with Gasteiger partial charge < -0.3 is 10.1 Å². The van der Waals surface area contributed by atoms with E-state index in [1.54, 1.807) is 18.2 Å². The molecule has 0 fully saturated rings. The van der Waals surface area contributed by atoms with E-state index in [2.05, 4.69) is 5.32 Å². The molecule has 0 bridgehead atoms. The number of nitrogens with one attached hydrogen (secondary N) is 1. The van der Waals surface area contributed by atoms with Crippen molar-refractivity contribution in [2.45, 2.75) is 25.4 Å². The number of benzene rings is 1. The van der Waals surface area contributed by atoms with E-state index in [4.69, 9.17) is 4.74 Å². The van der Waals surface area contributed by atoms with Crippen LogP contribution in [0.15, 0.2) is 18.2 Å². The van der Waals surface area contributed by atoms with Crippen molar-refractivity contribution >= 4 is 11.6 Å². The van der Waals surface area contributed by atoms with Crippen LogP contribution >= 0.6 is 0 Å². The molecule has 0 saturated carbocycles. The van der Waals surface area contributed by atoms with Gasteiger partial charge in [0.1, 0.15) is 5.75 Å². The van der Waals surface area contributed by atoms with Gasteiger partial charge in [-0.25, -0.2) is 0 Å². The van der Waals surface area contributed by atoms with Gasteiger partial charge in [0.25, 0.3) is 5.91 Å². The maximum absolute atomic E-state index is 12.0. The van der Waals surface area contributed by atoms with Crippen LogP contribution in [-0.4, -0.2) is 18.7 Å². The normalized spacial score (nSPS) is 14.7. The summed E-state index contributed by atoms with van der Waals surface area (Å²) in [7, 11) is 0. The van der Waals surface area contributed by atoms with E-state index < -0.39 is 12.6 Å². The number of fused-ring (bicyclic) bond motifs is 1. The number of halogens is 3. The first kappa shape index (κ1) is 12.7. The summed E-state index contributed by atoms with van der Waals surface area (Å²) in [6.45, 7) is -0.0274. The van der Waals surface area contributed by atoms with Gasteiger partial charge in [0.05, 0.1) is 5.69 Å². The molecule has 1 aromatic carbocycles. The van der Waals surface area contributed by atoms with Gasteiger partial charge in [-0.05, 0) is 30.5 Å². The van der Waals surface area contributed by atoms with Gasteiger partial charge in [-0.1, -0.05) is 6.07 Å². The van der Waals surface area contributed by atoms with Crippen molar-refractivity contribution in [3.8, 4) is 5.75 Å². The Hall–Kier alpha value is -1.72. The molecular formula is C12H12F3NO2. The summed E-state index contributed by atoms with van der Waals surface area (Å²) in [6.07, 6.45) is -4.56. The summed E-state index contributed by atoms with van der Waals surface area (Å²) in [6, 6.07) is 5.03. The smallest absolute Gasteiger partial charge is 0.389 e. The van der Waals surface area contributed by atoms with Crippen molar-refractivity contribution in [1.29, 1.82) is 0 Å². The summed E-state index contributed by atoms with van der Waals surface area (Å²) in [5.74, 6) is 0.295. The number of amides is 1. The third-order valence-electron chi connectivity index (χ3n) is 2.60. The number of hydrogen-bond donors (Lipinski definition) is 1. The largest absolute Gasteiger partial charge is 0.482 e. The molecule has 1 aliphatic rings. The highest BCUT2D eigenvalue weighted by atomic mass is 19.4. The summed E-state index contributed by atoms with van der Waals surface area (Å²) < 4.78 is 41.2. The molecule has 1 N–H and O–H groups in total. The average molecular weight is 259 g/mol. The molecular weight excluding hydrogens is 247 g/mol. The molecule has 1 aliphatic heterocycles. The lowest BCUT2D eigenvalue weighted by Crippen LogP contribution is -2.25. The van der Waals surface area contributed by atoms with Crippen molar-refractivity contribution in [3.63, 3.8) is 0 Å². The zero-order valence-corrected chi connectivity index (χ0v) is 9.51. The highest BCUT2D eigenvalue weighted by Crippen LogP contribution is 2.29. The number of ether oxygens (including phenoxy) is 1. The van der Waals surface area contributed by atoms with E-state index in [-0.39, 0.29) is 18.9 Å². The molecule has 6 heteroatoms. The quantitative estimate of drug-likeness (QED) is 0.906. The Bertz CT molecular complexity index is 457. The lowest BCUT2D eigenvalue weighted by atomic mass is 10.1. The molecule has 18 heavy (non-hydrogen) atoms. The van der Waals surface area contributed by atoms with E-state index >= 15 is 0 Å². The number of rotatable bonds is 3. The minimum atomic E-state index is -4.12. The number of carbonyl (C=O) groups excluding carboxylic acids is 1. The van der Waals surface area contributed by atoms with Crippen molar-refractivity contribution < 1.29 is 22.7 Å². The van der Waals surface area contributed by atoms with Gasteiger partial charge in [-0.15, -0.1) is 0 Å². The lowest BCUT2D eigenvalue weighted by molar-refractivity contribution is -0.135. The molecule has 0 aliphatic carbocycles. The minimum Gasteiger partial charge on any atom is -0.482 e. The van der Waals surface area contributed by atoms with Gasteiger partial charge in [0.2, 0.25) is 0 Å². The lowest BCUT2D eigenvalue weighted by Gasteiger charge is -2.18. The first-order valence-corrected chi connectivity index (χ1v) is 5.56. The minimum absolute atomic E-state index is 0.0274. The molecule has 0 saturated heterocycles. The number of hydrogen-bond acceptors (Lipinski definition) is 2. The second-order valence-electron chi connectivity index (χ2n) is 4.14. The van der Waals surface area contributed by atoms with Crippen LogP contribution < -0.4 is 10.1 Å². The van der Waals surface area contributed by atoms with Crippen molar-refractivity contribution in [1.82, 2.24) is 0 Å². The third kappa shape index (κ3) is 3.38. The predicted octanol–water partition coefficient (Wildman–Crippen LogP) is 2.90. The van der Waals surface area contributed by atoms with Gasteiger partial charge in [-0.2, -0.15) is 13.2 Å². The molecule has 0 spiro atoms. The molecule has 0 atom stereocenters. The summed E-state index contributed by atoms with van der Waals surface area (Å²) in [5, 5.41) is 2.62. The summed E-state index contributed by atoms with van der Waals surface area (Å²) in [4.78, 5) is 11.1. The van der Waals surface area contributed by atoms with Crippen LogP contribution in [0.5, 0.6) is 5.75 Å². The maximum atomic E-state index is 12.0.